The highest BCUT2D eigenvalue weighted by Gasteiger charge is 2.30. The van der Waals surface area contributed by atoms with Crippen LogP contribution in [-0.2, 0) is 4.79 Å². The third kappa shape index (κ3) is 2.87. The Morgan fingerprint density at radius 3 is 2.64 bits per heavy atom. The van der Waals surface area contributed by atoms with Crippen LogP contribution in [0.25, 0.3) is 10.9 Å². The summed E-state index contributed by atoms with van der Waals surface area (Å²) < 4.78 is 1.05. The van der Waals surface area contributed by atoms with E-state index in [1.807, 2.05) is 18.2 Å². The number of H-pyrrole nitrogens is 1. The number of halogens is 1. The van der Waals surface area contributed by atoms with Crippen molar-refractivity contribution in [3.05, 3.63) is 81.5 Å². The van der Waals surface area contributed by atoms with Gasteiger partial charge in [0, 0.05) is 39.0 Å². The first kappa shape index (κ1) is 16.3. The molecule has 0 aliphatic heterocycles. The molecule has 1 unspecified atom stereocenters. The third-order valence-electron chi connectivity index (χ3n) is 5.05. The summed E-state index contributed by atoms with van der Waals surface area (Å²) in [6.45, 7) is 2.10. The first-order valence-electron chi connectivity index (χ1n) is 8.71. The number of carbonyl (C=O) groups excluding carboxylic acids is 1. The molecule has 0 radical (unpaired) electrons. The zero-order valence-corrected chi connectivity index (χ0v) is 15.8. The van der Waals surface area contributed by atoms with Crippen molar-refractivity contribution in [3.63, 3.8) is 0 Å². The van der Waals surface area contributed by atoms with Gasteiger partial charge in [-0.25, -0.2) is 0 Å². The highest BCUT2D eigenvalue weighted by molar-refractivity contribution is 9.10. The second kappa shape index (κ2) is 6.64. The van der Waals surface area contributed by atoms with E-state index in [4.69, 9.17) is 0 Å². The first-order valence-corrected chi connectivity index (χ1v) is 9.51. The van der Waals surface area contributed by atoms with Gasteiger partial charge in [-0.15, -0.1) is 0 Å². The van der Waals surface area contributed by atoms with E-state index in [2.05, 4.69) is 64.2 Å². The Bertz CT molecular complexity index is 983. The van der Waals surface area contributed by atoms with E-state index in [0.717, 1.165) is 39.7 Å². The lowest BCUT2D eigenvalue weighted by molar-refractivity contribution is -0.116. The summed E-state index contributed by atoms with van der Waals surface area (Å²) in [4.78, 5) is 16.3. The molecule has 1 aromatic heterocycles. The minimum atomic E-state index is -0.0421. The number of aromatic nitrogens is 1. The minimum Gasteiger partial charge on any atom is -0.358 e. The number of carbonyl (C=O) groups is 1. The molecule has 4 rings (SSSR count). The fraction of sp³-hybridized carbons (Fsp3) is 0.227. The average Bonchev–Trinajstić information content (AvgIpc) is 2.94. The number of Topliss-reactive ketones (excluding diaryl/α,β-unsaturated/α-hetero) is 1. The number of benzene rings is 2. The molecular weight excluding hydrogens is 374 g/mol. The fourth-order valence-corrected chi connectivity index (χ4v) is 4.43. The van der Waals surface area contributed by atoms with Crippen molar-refractivity contribution >= 4 is 32.6 Å². The van der Waals surface area contributed by atoms with Crippen LogP contribution in [0.5, 0.6) is 0 Å². The van der Waals surface area contributed by atoms with E-state index in [-0.39, 0.29) is 11.7 Å². The van der Waals surface area contributed by atoms with Crippen LogP contribution in [0.4, 0.5) is 0 Å². The first-order chi connectivity index (χ1) is 12.2. The molecule has 126 valence electrons. The van der Waals surface area contributed by atoms with E-state index in [1.54, 1.807) is 0 Å². The third-order valence-corrected chi connectivity index (χ3v) is 5.78. The molecule has 2 nitrogen and oxygen atoms in total. The van der Waals surface area contributed by atoms with E-state index < -0.39 is 0 Å². The van der Waals surface area contributed by atoms with Gasteiger partial charge in [0.2, 0.25) is 0 Å². The lowest BCUT2D eigenvalue weighted by Crippen LogP contribution is -2.17. The molecule has 0 saturated carbocycles. The number of rotatable bonds is 3. The van der Waals surface area contributed by atoms with Crippen LogP contribution in [0.2, 0.25) is 0 Å². The van der Waals surface area contributed by atoms with E-state index >= 15 is 0 Å². The maximum atomic E-state index is 12.8. The standard InChI is InChI=1S/C22H20BrNO/c1-14-21(16-9-3-6-12-19(16)24-14)22(15-8-2-5-11-18(15)23)17-10-4-7-13-20(17)25/h2-3,5-6,8-12,22,24H,4,7,13H2,1H3. The Labute approximate surface area is 156 Å². The molecule has 1 N–H and O–H groups in total. The van der Waals surface area contributed by atoms with Crippen molar-refractivity contribution in [3.8, 4) is 0 Å². The average molecular weight is 394 g/mol. The lowest BCUT2D eigenvalue weighted by atomic mass is 9.78. The molecule has 1 atom stereocenters. The van der Waals surface area contributed by atoms with Crippen molar-refractivity contribution in [2.45, 2.75) is 32.1 Å². The van der Waals surface area contributed by atoms with Crippen LogP contribution >= 0.6 is 15.9 Å². The number of allylic oxidation sites excluding steroid dienone is 2. The van der Waals surface area contributed by atoms with Gasteiger partial charge in [0.05, 0.1) is 0 Å². The summed E-state index contributed by atoms with van der Waals surface area (Å²) in [5.41, 5.74) is 5.55. The quantitative estimate of drug-likeness (QED) is 0.576. The van der Waals surface area contributed by atoms with Crippen molar-refractivity contribution in [1.29, 1.82) is 0 Å². The molecule has 3 heteroatoms. The van der Waals surface area contributed by atoms with Gasteiger partial charge >= 0.3 is 0 Å². The van der Waals surface area contributed by atoms with E-state index in [9.17, 15) is 4.79 Å². The Kier molecular flexibility index (Phi) is 4.34. The summed E-state index contributed by atoms with van der Waals surface area (Å²) in [6.07, 6.45) is 4.73. The van der Waals surface area contributed by atoms with Crippen LogP contribution in [0.3, 0.4) is 0 Å². The zero-order valence-electron chi connectivity index (χ0n) is 14.2. The molecule has 0 fully saturated rings. The zero-order chi connectivity index (χ0) is 17.4. The molecule has 1 aliphatic rings. The normalized spacial score (nSPS) is 16.1. The predicted molar refractivity (Wildman–Crippen MR) is 106 cm³/mol. The molecule has 0 amide bonds. The molecule has 0 spiro atoms. The topological polar surface area (TPSA) is 32.9 Å². The largest absolute Gasteiger partial charge is 0.358 e. The number of fused-ring (bicyclic) bond motifs is 1. The molecule has 2 aromatic carbocycles. The van der Waals surface area contributed by atoms with Gasteiger partial charge in [0.1, 0.15) is 0 Å². The number of nitrogens with one attached hydrogen (secondary N) is 1. The van der Waals surface area contributed by atoms with Crippen LogP contribution in [-0.4, -0.2) is 10.8 Å². The SMILES string of the molecule is Cc1[nH]c2ccccc2c1C(C1=CCCCC1=O)c1ccccc1Br. The predicted octanol–water partition coefficient (Wildman–Crippen LogP) is 6.05. The Balaban J connectivity index is 2.01. The summed E-state index contributed by atoms with van der Waals surface area (Å²) in [5.74, 6) is 0.233. The summed E-state index contributed by atoms with van der Waals surface area (Å²) in [5, 5.41) is 1.19. The molecule has 0 saturated heterocycles. The van der Waals surface area contributed by atoms with Gasteiger partial charge in [-0.3, -0.25) is 4.79 Å². The Hall–Kier alpha value is -2.13. The van der Waals surface area contributed by atoms with Gasteiger partial charge < -0.3 is 4.98 Å². The Morgan fingerprint density at radius 2 is 1.84 bits per heavy atom. The van der Waals surface area contributed by atoms with Crippen molar-refractivity contribution < 1.29 is 4.79 Å². The van der Waals surface area contributed by atoms with Crippen LogP contribution in [0.15, 0.2) is 64.7 Å². The Morgan fingerprint density at radius 1 is 1.08 bits per heavy atom. The van der Waals surface area contributed by atoms with Gasteiger partial charge in [0.15, 0.2) is 5.78 Å². The molecular formula is C22H20BrNO. The maximum absolute atomic E-state index is 12.8. The molecule has 0 bridgehead atoms. The van der Waals surface area contributed by atoms with Gasteiger partial charge in [-0.05, 0) is 43.0 Å². The van der Waals surface area contributed by atoms with E-state index in [0.29, 0.717) is 6.42 Å². The number of aryl methyl sites for hydroxylation is 1. The monoisotopic (exact) mass is 393 g/mol. The second-order valence-electron chi connectivity index (χ2n) is 6.64. The number of ketones is 1. The van der Waals surface area contributed by atoms with Crippen molar-refractivity contribution in [2.75, 3.05) is 0 Å². The van der Waals surface area contributed by atoms with E-state index in [1.165, 1.54) is 10.9 Å². The summed E-state index contributed by atoms with van der Waals surface area (Å²) in [6, 6.07) is 16.6. The van der Waals surface area contributed by atoms with Crippen molar-refractivity contribution in [2.24, 2.45) is 0 Å². The van der Waals surface area contributed by atoms with Crippen LogP contribution < -0.4 is 0 Å². The summed E-state index contributed by atoms with van der Waals surface area (Å²) >= 11 is 3.71. The highest BCUT2D eigenvalue weighted by atomic mass is 79.9. The molecule has 25 heavy (non-hydrogen) atoms. The smallest absolute Gasteiger partial charge is 0.159 e. The number of hydrogen-bond acceptors (Lipinski definition) is 1. The van der Waals surface area contributed by atoms with Crippen molar-refractivity contribution in [1.82, 2.24) is 4.98 Å². The van der Waals surface area contributed by atoms with Crippen LogP contribution in [0, 0.1) is 6.92 Å². The minimum absolute atomic E-state index is 0.0421. The lowest BCUT2D eigenvalue weighted by Gasteiger charge is -2.24. The maximum Gasteiger partial charge on any atom is 0.159 e. The molecule has 1 heterocycles. The molecule has 3 aromatic rings. The van der Waals surface area contributed by atoms with Gasteiger partial charge in [0.25, 0.3) is 0 Å². The molecule has 1 aliphatic carbocycles. The van der Waals surface area contributed by atoms with Crippen LogP contribution in [0.1, 0.15) is 42.0 Å². The number of aromatic amines is 1. The number of para-hydroxylation sites is 1. The second-order valence-corrected chi connectivity index (χ2v) is 7.49. The fourth-order valence-electron chi connectivity index (χ4n) is 3.92. The van der Waals surface area contributed by atoms with Gasteiger partial charge in [-0.2, -0.15) is 0 Å². The number of hydrogen-bond donors (Lipinski definition) is 1. The highest BCUT2D eigenvalue weighted by Crippen LogP contribution is 2.42. The van der Waals surface area contributed by atoms with Gasteiger partial charge in [-0.1, -0.05) is 58.4 Å². The summed E-state index contributed by atoms with van der Waals surface area (Å²) in [7, 11) is 0.